The van der Waals surface area contributed by atoms with Crippen LogP contribution in [0.1, 0.15) is 58.3 Å². The Morgan fingerprint density at radius 2 is 1.80 bits per heavy atom. The van der Waals surface area contributed by atoms with E-state index in [4.69, 9.17) is 11.6 Å². The van der Waals surface area contributed by atoms with Gasteiger partial charge in [-0.3, -0.25) is 0 Å². The molecule has 1 fully saturated rings. The molecule has 0 unspecified atom stereocenters. The van der Waals surface area contributed by atoms with Crippen molar-refractivity contribution in [3.05, 3.63) is 0 Å². The van der Waals surface area contributed by atoms with E-state index < -0.39 is 0 Å². The number of hydrogen-bond donors (Lipinski definition) is 0. The smallest absolute Gasteiger partial charge is 0.0235 e. The van der Waals surface area contributed by atoms with Crippen molar-refractivity contribution >= 4 is 11.6 Å². The summed E-state index contributed by atoms with van der Waals surface area (Å²) in [6.45, 7) is 4.80. The van der Waals surface area contributed by atoms with E-state index >= 15 is 0 Å². The second-order valence-electron chi connectivity index (χ2n) is 4.72. The van der Waals surface area contributed by atoms with Gasteiger partial charge in [-0.1, -0.05) is 32.6 Å². The van der Waals surface area contributed by atoms with Crippen LogP contribution in [-0.2, 0) is 0 Å². The number of hydrogen-bond acceptors (Lipinski definition) is 1. The maximum Gasteiger partial charge on any atom is 0.0235 e. The molecule has 1 rings (SSSR count). The fourth-order valence-electron chi connectivity index (χ4n) is 2.23. The number of nitrogens with zero attached hydrogens (tertiary/aromatic N) is 1. The molecule has 0 aromatic carbocycles. The molecule has 0 spiro atoms. The molecule has 0 atom stereocenters. The van der Waals surface area contributed by atoms with Crippen LogP contribution >= 0.6 is 11.6 Å². The number of alkyl halides is 1. The molecular weight excluding hydrogens is 206 g/mol. The largest absolute Gasteiger partial charge is 0.300 e. The van der Waals surface area contributed by atoms with E-state index in [-0.39, 0.29) is 0 Å². The van der Waals surface area contributed by atoms with Crippen LogP contribution in [0.25, 0.3) is 0 Å². The van der Waals surface area contributed by atoms with Crippen LogP contribution in [0.3, 0.4) is 0 Å². The summed E-state index contributed by atoms with van der Waals surface area (Å²) in [5, 5.41) is 0. The molecule has 0 aromatic rings. The highest BCUT2D eigenvalue weighted by molar-refractivity contribution is 6.17. The van der Waals surface area contributed by atoms with Gasteiger partial charge in [-0.2, -0.15) is 0 Å². The minimum atomic E-state index is 0.818. The molecule has 0 amide bonds. The minimum Gasteiger partial charge on any atom is -0.300 e. The van der Waals surface area contributed by atoms with Crippen LogP contribution in [0.5, 0.6) is 0 Å². The summed E-state index contributed by atoms with van der Waals surface area (Å²) in [5.74, 6) is 0.818. The molecule has 1 aliphatic carbocycles. The molecule has 1 saturated carbocycles. The number of unbranched alkanes of at least 4 members (excludes halogenated alkanes) is 3. The van der Waals surface area contributed by atoms with Gasteiger partial charge >= 0.3 is 0 Å². The van der Waals surface area contributed by atoms with E-state index in [1.807, 2.05) is 0 Å². The zero-order valence-corrected chi connectivity index (χ0v) is 10.9. The molecule has 0 saturated heterocycles. The zero-order chi connectivity index (χ0) is 10.9. The Morgan fingerprint density at radius 3 is 2.33 bits per heavy atom. The van der Waals surface area contributed by atoms with Gasteiger partial charge in [-0.15, -0.1) is 11.6 Å². The standard InChI is InChI=1S/C13H26ClN/c1-2-3-4-5-11-15(12-7-10-14)13-8-6-9-13/h13H,2-12H2,1H3. The number of rotatable bonds is 9. The lowest BCUT2D eigenvalue weighted by atomic mass is 9.91. The van der Waals surface area contributed by atoms with Crippen LogP contribution in [-0.4, -0.2) is 29.9 Å². The normalized spacial score (nSPS) is 17.0. The maximum atomic E-state index is 5.77. The molecular formula is C13H26ClN. The predicted octanol–water partition coefficient (Wildman–Crippen LogP) is 4.05. The first-order valence-electron chi connectivity index (χ1n) is 6.68. The van der Waals surface area contributed by atoms with Gasteiger partial charge in [-0.05, 0) is 38.8 Å². The third-order valence-corrected chi connectivity index (χ3v) is 3.74. The van der Waals surface area contributed by atoms with Crippen LogP contribution in [0.4, 0.5) is 0 Å². The van der Waals surface area contributed by atoms with Crippen molar-refractivity contribution in [3.63, 3.8) is 0 Å². The van der Waals surface area contributed by atoms with E-state index in [9.17, 15) is 0 Å². The van der Waals surface area contributed by atoms with Crippen molar-refractivity contribution in [1.82, 2.24) is 4.90 Å². The van der Waals surface area contributed by atoms with E-state index in [1.165, 1.54) is 58.0 Å². The summed E-state index contributed by atoms with van der Waals surface area (Å²) in [6, 6.07) is 0.898. The van der Waals surface area contributed by atoms with Gasteiger partial charge in [0.2, 0.25) is 0 Å². The Labute approximate surface area is 100 Å². The summed E-state index contributed by atoms with van der Waals surface area (Å²) in [4.78, 5) is 2.68. The second-order valence-corrected chi connectivity index (χ2v) is 5.10. The lowest BCUT2D eigenvalue weighted by Crippen LogP contribution is -2.41. The molecule has 0 aromatic heterocycles. The van der Waals surface area contributed by atoms with Crippen molar-refractivity contribution in [2.75, 3.05) is 19.0 Å². The molecule has 0 bridgehead atoms. The lowest BCUT2D eigenvalue weighted by Gasteiger charge is -2.37. The lowest BCUT2D eigenvalue weighted by molar-refractivity contribution is 0.125. The quantitative estimate of drug-likeness (QED) is 0.428. The van der Waals surface area contributed by atoms with Gasteiger partial charge in [0.1, 0.15) is 0 Å². The fourth-order valence-corrected chi connectivity index (χ4v) is 2.35. The van der Waals surface area contributed by atoms with Crippen molar-refractivity contribution in [1.29, 1.82) is 0 Å². The maximum absolute atomic E-state index is 5.77. The first-order chi connectivity index (χ1) is 7.38. The third kappa shape index (κ3) is 5.21. The third-order valence-electron chi connectivity index (χ3n) is 3.47. The van der Waals surface area contributed by atoms with Gasteiger partial charge in [0.15, 0.2) is 0 Å². The van der Waals surface area contributed by atoms with Crippen LogP contribution in [0.2, 0.25) is 0 Å². The molecule has 2 heteroatoms. The van der Waals surface area contributed by atoms with Gasteiger partial charge in [0.25, 0.3) is 0 Å². The highest BCUT2D eigenvalue weighted by Gasteiger charge is 2.23. The Bertz CT molecular complexity index is 145. The van der Waals surface area contributed by atoms with Gasteiger partial charge in [-0.25, -0.2) is 0 Å². The summed E-state index contributed by atoms with van der Waals surface area (Å²) >= 11 is 5.77. The molecule has 1 nitrogen and oxygen atoms in total. The average molecular weight is 232 g/mol. The van der Waals surface area contributed by atoms with Crippen LogP contribution in [0, 0.1) is 0 Å². The highest BCUT2D eigenvalue weighted by Crippen LogP contribution is 2.25. The molecule has 15 heavy (non-hydrogen) atoms. The molecule has 0 radical (unpaired) electrons. The second kappa shape index (κ2) is 8.41. The average Bonchev–Trinajstić information content (AvgIpc) is 2.17. The number of halogens is 1. The van der Waals surface area contributed by atoms with Gasteiger partial charge < -0.3 is 4.90 Å². The van der Waals surface area contributed by atoms with E-state index in [2.05, 4.69) is 11.8 Å². The van der Waals surface area contributed by atoms with E-state index in [1.54, 1.807) is 0 Å². The highest BCUT2D eigenvalue weighted by atomic mass is 35.5. The Hall–Kier alpha value is 0.250. The van der Waals surface area contributed by atoms with Crippen molar-refractivity contribution < 1.29 is 0 Å². The van der Waals surface area contributed by atoms with Gasteiger partial charge in [0, 0.05) is 11.9 Å². The molecule has 0 N–H and O–H groups in total. The minimum absolute atomic E-state index is 0.818. The topological polar surface area (TPSA) is 3.24 Å². The van der Waals surface area contributed by atoms with Crippen molar-refractivity contribution in [2.24, 2.45) is 0 Å². The molecule has 90 valence electrons. The van der Waals surface area contributed by atoms with Crippen molar-refractivity contribution in [2.45, 2.75) is 64.3 Å². The first kappa shape index (κ1) is 13.3. The van der Waals surface area contributed by atoms with Crippen molar-refractivity contribution in [3.8, 4) is 0 Å². The first-order valence-corrected chi connectivity index (χ1v) is 7.22. The van der Waals surface area contributed by atoms with E-state index in [0.29, 0.717) is 0 Å². The Morgan fingerprint density at radius 1 is 1.07 bits per heavy atom. The SMILES string of the molecule is CCCCCCN(CCCCl)C1CCC1. The summed E-state index contributed by atoms with van der Waals surface area (Å²) in [7, 11) is 0. The van der Waals surface area contributed by atoms with Crippen LogP contribution in [0.15, 0.2) is 0 Å². The summed E-state index contributed by atoms with van der Waals surface area (Å²) < 4.78 is 0. The van der Waals surface area contributed by atoms with Gasteiger partial charge in [0.05, 0.1) is 0 Å². The van der Waals surface area contributed by atoms with Crippen LogP contribution < -0.4 is 0 Å². The summed E-state index contributed by atoms with van der Waals surface area (Å²) in [5.41, 5.74) is 0. The Balaban J connectivity index is 2.10. The summed E-state index contributed by atoms with van der Waals surface area (Å²) in [6.07, 6.45) is 11.0. The zero-order valence-electron chi connectivity index (χ0n) is 10.2. The molecule has 0 aliphatic heterocycles. The predicted molar refractivity (Wildman–Crippen MR) is 68.7 cm³/mol. The monoisotopic (exact) mass is 231 g/mol. The fraction of sp³-hybridized carbons (Fsp3) is 1.00. The molecule has 0 heterocycles. The molecule has 1 aliphatic rings. The Kier molecular flexibility index (Phi) is 7.46. The van der Waals surface area contributed by atoms with E-state index in [0.717, 1.165) is 18.3 Å².